The van der Waals surface area contributed by atoms with Crippen molar-refractivity contribution in [3.05, 3.63) is 34.1 Å². The average Bonchev–Trinajstić information content (AvgIpc) is 2.24. The van der Waals surface area contributed by atoms with E-state index in [9.17, 15) is 4.39 Å². The first kappa shape index (κ1) is 15.0. The zero-order chi connectivity index (χ0) is 12.8. The van der Waals surface area contributed by atoms with Gasteiger partial charge in [0.15, 0.2) is 0 Å². The molecule has 0 aliphatic rings. The first-order valence-electron chi connectivity index (χ1n) is 5.77. The van der Waals surface area contributed by atoms with E-state index in [0.717, 1.165) is 17.1 Å². The van der Waals surface area contributed by atoms with Crippen molar-refractivity contribution < 1.29 is 4.39 Å². The van der Waals surface area contributed by atoms with Crippen LogP contribution in [0.5, 0.6) is 0 Å². The molecule has 96 valence electrons. The molecular weight excluding hydrogens is 301 g/mol. The topological polar surface area (TPSA) is 26.0 Å². The van der Waals surface area contributed by atoms with E-state index in [4.69, 9.17) is 5.73 Å². The SMILES string of the molecule is CC(C)CSCC(N)Cc1cccc(F)c1Br. The Morgan fingerprint density at radius 2 is 2.06 bits per heavy atom. The van der Waals surface area contributed by atoms with Gasteiger partial charge in [0.25, 0.3) is 0 Å². The second-order valence-electron chi connectivity index (χ2n) is 4.61. The van der Waals surface area contributed by atoms with Crippen LogP contribution < -0.4 is 5.73 Å². The van der Waals surface area contributed by atoms with Crippen LogP contribution in [0, 0.1) is 11.7 Å². The Morgan fingerprint density at radius 3 is 2.71 bits per heavy atom. The summed E-state index contributed by atoms with van der Waals surface area (Å²) in [5, 5.41) is 0. The zero-order valence-corrected chi connectivity index (χ0v) is 12.7. The number of rotatable bonds is 6. The fraction of sp³-hybridized carbons (Fsp3) is 0.538. The second kappa shape index (κ2) is 7.39. The van der Waals surface area contributed by atoms with Crippen molar-refractivity contribution in [1.29, 1.82) is 0 Å². The van der Waals surface area contributed by atoms with Gasteiger partial charge in [-0.05, 0) is 45.7 Å². The van der Waals surface area contributed by atoms with Gasteiger partial charge in [-0.1, -0.05) is 26.0 Å². The van der Waals surface area contributed by atoms with E-state index in [2.05, 4.69) is 29.8 Å². The van der Waals surface area contributed by atoms with E-state index in [1.54, 1.807) is 6.07 Å². The molecule has 0 saturated heterocycles. The summed E-state index contributed by atoms with van der Waals surface area (Å²) in [6.07, 6.45) is 0.712. The van der Waals surface area contributed by atoms with E-state index in [1.165, 1.54) is 6.07 Å². The molecule has 0 heterocycles. The summed E-state index contributed by atoms with van der Waals surface area (Å²) in [6, 6.07) is 5.17. The normalized spacial score (nSPS) is 13.1. The molecule has 0 aliphatic heterocycles. The minimum Gasteiger partial charge on any atom is -0.327 e. The monoisotopic (exact) mass is 319 g/mol. The smallest absolute Gasteiger partial charge is 0.137 e. The molecule has 0 bridgehead atoms. The molecule has 17 heavy (non-hydrogen) atoms. The predicted octanol–water partition coefficient (Wildman–Crippen LogP) is 3.85. The zero-order valence-electron chi connectivity index (χ0n) is 10.2. The third kappa shape index (κ3) is 5.40. The molecule has 0 aliphatic carbocycles. The minimum absolute atomic E-state index is 0.0804. The fourth-order valence-electron chi connectivity index (χ4n) is 1.50. The maximum absolute atomic E-state index is 13.3. The Labute approximate surface area is 115 Å². The number of nitrogens with two attached hydrogens (primary N) is 1. The molecule has 0 saturated carbocycles. The van der Waals surface area contributed by atoms with Crippen molar-refractivity contribution in [3.63, 3.8) is 0 Å². The molecule has 1 unspecified atom stereocenters. The standard InChI is InChI=1S/C13H19BrFNS/c1-9(2)7-17-8-11(16)6-10-4-3-5-12(15)13(10)14/h3-5,9,11H,6-8,16H2,1-2H3. The Morgan fingerprint density at radius 1 is 1.35 bits per heavy atom. The summed E-state index contributed by atoms with van der Waals surface area (Å²) in [4.78, 5) is 0. The van der Waals surface area contributed by atoms with E-state index in [-0.39, 0.29) is 11.9 Å². The summed E-state index contributed by atoms with van der Waals surface area (Å²) in [6.45, 7) is 4.39. The quantitative estimate of drug-likeness (QED) is 0.862. The van der Waals surface area contributed by atoms with Crippen LogP contribution in [0.2, 0.25) is 0 Å². The largest absolute Gasteiger partial charge is 0.327 e. The highest BCUT2D eigenvalue weighted by atomic mass is 79.9. The van der Waals surface area contributed by atoms with Gasteiger partial charge >= 0.3 is 0 Å². The van der Waals surface area contributed by atoms with Crippen LogP contribution in [-0.2, 0) is 6.42 Å². The van der Waals surface area contributed by atoms with Crippen LogP contribution in [0.3, 0.4) is 0 Å². The van der Waals surface area contributed by atoms with Crippen LogP contribution in [0.25, 0.3) is 0 Å². The number of hydrogen-bond donors (Lipinski definition) is 1. The summed E-state index contributed by atoms with van der Waals surface area (Å²) in [7, 11) is 0. The van der Waals surface area contributed by atoms with E-state index >= 15 is 0 Å². The van der Waals surface area contributed by atoms with E-state index in [1.807, 2.05) is 17.8 Å². The third-order valence-electron chi connectivity index (χ3n) is 2.30. The highest BCUT2D eigenvalue weighted by Gasteiger charge is 2.10. The molecule has 2 N–H and O–H groups in total. The number of benzene rings is 1. The summed E-state index contributed by atoms with van der Waals surface area (Å²) < 4.78 is 13.8. The van der Waals surface area contributed by atoms with Gasteiger partial charge in [0.1, 0.15) is 5.82 Å². The fourth-order valence-corrected chi connectivity index (χ4v) is 2.96. The van der Waals surface area contributed by atoms with Crippen LogP contribution in [-0.4, -0.2) is 17.5 Å². The lowest BCUT2D eigenvalue weighted by Gasteiger charge is -2.13. The van der Waals surface area contributed by atoms with Crippen molar-refractivity contribution in [1.82, 2.24) is 0 Å². The third-order valence-corrected chi connectivity index (χ3v) is 4.75. The first-order valence-corrected chi connectivity index (χ1v) is 7.71. The molecule has 0 aromatic heterocycles. The molecule has 0 radical (unpaired) electrons. The van der Waals surface area contributed by atoms with Gasteiger partial charge < -0.3 is 5.73 Å². The second-order valence-corrected chi connectivity index (χ2v) is 6.48. The van der Waals surface area contributed by atoms with Crippen LogP contribution in [0.15, 0.2) is 22.7 Å². The van der Waals surface area contributed by atoms with Crippen molar-refractivity contribution in [2.75, 3.05) is 11.5 Å². The molecule has 1 nitrogen and oxygen atoms in total. The highest BCUT2D eigenvalue weighted by molar-refractivity contribution is 9.10. The summed E-state index contributed by atoms with van der Waals surface area (Å²) >= 11 is 5.13. The predicted molar refractivity (Wildman–Crippen MR) is 77.9 cm³/mol. The lowest BCUT2D eigenvalue weighted by atomic mass is 10.1. The maximum Gasteiger partial charge on any atom is 0.137 e. The van der Waals surface area contributed by atoms with Gasteiger partial charge in [-0.15, -0.1) is 0 Å². The van der Waals surface area contributed by atoms with Gasteiger partial charge in [-0.25, -0.2) is 4.39 Å². The first-order chi connectivity index (χ1) is 8.00. The lowest BCUT2D eigenvalue weighted by Crippen LogP contribution is -2.26. The van der Waals surface area contributed by atoms with Crippen LogP contribution >= 0.6 is 27.7 Å². The molecule has 0 amide bonds. The van der Waals surface area contributed by atoms with E-state index in [0.29, 0.717) is 16.8 Å². The van der Waals surface area contributed by atoms with Crippen LogP contribution in [0.1, 0.15) is 19.4 Å². The van der Waals surface area contributed by atoms with Crippen molar-refractivity contribution in [2.45, 2.75) is 26.3 Å². The maximum atomic E-state index is 13.3. The molecule has 1 aromatic rings. The Hall–Kier alpha value is -0.0600. The lowest BCUT2D eigenvalue weighted by molar-refractivity contribution is 0.615. The highest BCUT2D eigenvalue weighted by Crippen LogP contribution is 2.22. The van der Waals surface area contributed by atoms with E-state index < -0.39 is 0 Å². The van der Waals surface area contributed by atoms with Gasteiger partial charge in [0.05, 0.1) is 4.47 Å². The van der Waals surface area contributed by atoms with Gasteiger partial charge in [-0.2, -0.15) is 11.8 Å². The number of halogens is 2. The Bertz CT molecular complexity index is 357. The van der Waals surface area contributed by atoms with Gasteiger partial charge in [0.2, 0.25) is 0 Å². The molecule has 1 aromatic carbocycles. The molecular formula is C13H19BrFNS. The van der Waals surface area contributed by atoms with Crippen LogP contribution in [0.4, 0.5) is 4.39 Å². The average molecular weight is 320 g/mol. The molecule has 1 rings (SSSR count). The van der Waals surface area contributed by atoms with Crippen molar-refractivity contribution >= 4 is 27.7 Å². The molecule has 4 heteroatoms. The molecule has 0 fully saturated rings. The van der Waals surface area contributed by atoms with Gasteiger partial charge in [-0.3, -0.25) is 0 Å². The molecule has 0 spiro atoms. The number of thioether (sulfide) groups is 1. The molecule has 1 atom stereocenters. The van der Waals surface area contributed by atoms with Crippen molar-refractivity contribution in [2.24, 2.45) is 11.7 Å². The van der Waals surface area contributed by atoms with Gasteiger partial charge in [0, 0.05) is 11.8 Å². The minimum atomic E-state index is -0.218. The van der Waals surface area contributed by atoms with Crippen molar-refractivity contribution in [3.8, 4) is 0 Å². The Kier molecular flexibility index (Phi) is 6.52. The Balaban J connectivity index is 2.45. The summed E-state index contributed by atoms with van der Waals surface area (Å²) in [5.74, 6) is 2.51. The number of hydrogen-bond acceptors (Lipinski definition) is 2. The summed E-state index contributed by atoms with van der Waals surface area (Å²) in [5.41, 5.74) is 6.99.